The average Bonchev–Trinajstić information content (AvgIpc) is 2.91. The van der Waals surface area contributed by atoms with E-state index in [9.17, 15) is 4.79 Å². The summed E-state index contributed by atoms with van der Waals surface area (Å²) >= 11 is 0. The Labute approximate surface area is 135 Å². The van der Waals surface area contributed by atoms with Crippen LogP contribution in [-0.2, 0) is 11.2 Å². The zero-order chi connectivity index (χ0) is 16.2. The van der Waals surface area contributed by atoms with Crippen LogP contribution in [0.25, 0.3) is 10.9 Å². The molecule has 4 heteroatoms. The molecule has 2 N–H and O–H groups in total. The van der Waals surface area contributed by atoms with E-state index >= 15 is 0 Å². The number of anilines is 1. The molecule has 0 aliphatic carbocycles. The van der Waals surface area contributed by atoms with Gasteiger partial charge in [0.05, 0.1) is 12.3 Å². The van der Waals surface area contributed by atoms with Crippen molar-refractivity contribution in [1.29, 1.82) is 0 Å². The number of aryl methyl sites for hydroxylation is 1. The van der Waals surface area contributed by atoms with Gasteiger partial charge in [0, 0.05) is 30.4 Å². The summed E-state index contributed by atoms with van der Waals surface area (Å²) in [5.41, 5.74) is 4.27. The summed E-state index contributed by atoms with van der Waals surface area (Å²) in [6.45, 7) is 4.20. The van der Waals surface area contributed by atoms with E-state index in [0.717, 1.165) is 28.8 Å². The van der Waals surface area contributed by atoms with Crippen molar-refractivity contribution in [2.45, 2.75) is 20.3 Å². The van der Waals surface area contributed by atoms with Crippen molar-refractivity contribution in [2.75, 3.05) is 11.9 Å². The fourth-order valence-electron chi connectivity index (χ4n) is 2.52. The molecule has 4 nitrogen and oxygen atoms in total. The monoisotopic (exact) mass is 308 g/mol. The summed E-state index contributed by atoms with van der Waals surface area (Å²) in [5.74, 6) is 0.715. The number of carbonyl (C=O) groups is 1. The average molecular weight is 308 g/mol. The van der Waals surface area contributed by atoms with E-state index in [4.69, 9.17) is 4.74 Å². The minimum Gasteiger partial charge on any atom is -0.493 e. The molecule has 23 heavy (non-hydrogen) atoms. The molecule has 0 radical (unpaired) electrons. The van der Waals surface area contributed by atoms with Gasteiger partial charge in [0.1, 0.15) is 5.75 Å². The number of nitrogens with one attached hydrogen (secondary N) is 2. The van der Waals surface area contributed by atoms with E-state index in [-0.39, 0.29) is 5.91 Å². The van der Waals surface area contributed by atoms with Gasteiger partial charge >= 0.3 is 0 Å². The third-order valence-electron chi connectivity index (χ3n) is 3.74. The van der Waals surface area contributed by atoms with E-state index in [1.54, 1.807) is 6.20 Å². The molecule has 0 aliphatic rings. The lowest BCUT2D eigenvalue weighted by Gasteiger charge is -2.07. The first-order valence-corrected chi connectivity index (χ1v) is 7.69. The molecule has 118 valence electrons. The lowest BCUT2D eigenvalue weighted by atomic mass is 10.1. The zero-order valence-corrected chi connectivity index (χ0v) is 13.3. The number of benzene rings is 2. The maximum atomic E-state index is 11.2. The van der Waals surface area contributed by atoms with Crippen molar-refractivity contribution in [2.24, 2.45) is 0 Å². The first-order valence-electron chi connectivity index (χ1n) is 7.69. The summed E-state index contributed by atoms with van der Waals surface area (Å²) in [4.78, 5) is 14.4. The van der Waals surface area contributed by atoms with Crippen molar-refractivity contribution in [1.82, 2.24) is 4.98 Å². The van der Waals surface area contributed by atoms with Crippen LogP contribution in [0.5, 0.6) is 5.75 Å². The minimum absolute atomic E-state index is 0.0865. The normalized spacial score (nSPS) is 10.7. The predicted molar refractivity (Wildman–Crippen MR) is 93.0 cm³/mol. The number of rotatable bonds is 5. The molecule has 1 amide bonds. The van der Waals surface area contributed by atoms with Crippen LogP contribution in [0.15, 0.2) is 48.7 Å². The Kier molecular flexibility index (Phi) is 4.33. The van der Waals surface area contributed by atoms with Gasteiger partial charge in [0.25, 0.3) is 0 Å². The van der Waals surface area contributed by atoms with E-state index in [0.29, 0.717) is 6.61 Å². The molecule has 0 saturated heterocycles. The maximum absolute atomic E-state index is 11.2. The quantitative estimate of drug-likeness (QED) is 0.747. The molecule has 0 bridgehead atoms. The van der Waals surface area contributed by atoms with Crippen molar-refractivity contribution >= 4 is 22.5 Å². The molecular formula is C19H20N2O2. The van der Waals surface area contributed by atoms with E-state index < -0.39 is 0 Å². The highest BCUT2D eigenvalue weighted by Crippen LogP contribution is 2.27. The molecule has 0 atom stereocenters. The van der Waals surface area contributed by atoms with E-state index in [2.05, 4.69) is 41.5 Å². The molecule has 3 rings (SSSR count). The number of hydrogen-bond acceptors (Lipinski definition) is 2. The number of ether oxygens (including phenoxy) is 1. The maximum Gasteiger partial charge on any atom is 0.221 e. The summed E-state index contributed by atoms with van der Waals surface area (Å²) in [7, 11) is 0. The first-order chi connectivity index (χ1) is 11.1. The topological polar surface area (TPSA) is 54.1 Å². The van der Waals surface area contributed by atoms with Crippen molar-refractivity contribution in [3.05, 3.63) is 59.8 Å². The Morgan fingerprint density at radius 2 is 1.96 bits per heavy atom. The van der Waals surface area contributed by atoms with Crippen LogP contribution in [0, 0.1) is 6.92 Å². The molecule has 3 aromatic rings. The third kappa shape index (κ3) is 3.72. The van der Waals surface area contributed by atoms with Crippen molar-refractivity contribution in [3.63, 3.8) is 0 Å². The van der Waals surface area contributed by atoms with Crippen LogP contribution in [0.3, 0.4) is 0 Å². The number of H-pyrrole nitrogens is 1. The van der Waals surface area contributed by atoms with Crippen LogP contribution in [-0.4, -0.2) is 17.5 Å². The van der Waals surface area contributed by atoms with Crippen molar-refractivity contribution in [3.8, 4) is 5.75 Å². The van der Waals surface area contributed by atoms with Gasteiger partial charge < -0.3 is 15.0 Å². The molecular weight excluding hydrogens is 288 g/mol. The second-order valence-corrected chi connectivity index (χ2v) is 5.67. The number of aromatic amines is 1. The van der Waals surface area contributed by atoms with Gasteiger partial charge in [-0.15, -0.1) is 0 Å². The number of hydrogen-bond donors (Lipinski definition) is 2. The van der Waals surface area contributed by atoms with Gasteiger partial charge in [-0.3, -0.25) is 4.79 Å². The number of amides is 1. The van der Waals surface area contributed by atoms with Crippen LogP contribution in [0.1, 0.15) is 18.1 Å². The van der Waals surface area contributed by atoms with E-state index in [1.807, 2.05) is 18.2 Å². The Hall–Kier alpha value is -2.75. The van der Waals surface area contributed by atoms with Gasteiger partial charge in [-0.1, -0.05) is 29.8 Å². The van der Waals surface area contributed by atoms with Gasteiger partial charge in [0.2, 0.25) is 5.91 Å². The molecule has 0 spiro atoms. The standard InChI is InChI=1S/C19H20N2O2/c1-13-3-5-15(6-4-13)9-10-23-16-7-8-18-17(11-16)19(12-20-18)21-14(2)22/h3-8,11-12,20H,9-10H2,1-2H3,(H,21,22). The number of aromatic nitrogens is 1. The minimum atomic E-state index is -0.0865. The summed E-state index contributed by atoms with van der Waals surface area (Å²) in [5, 5.41) is 3.77. The fraction of sp³-hybridized carbons (Fsp3) is 0.211. The second kappa shape index (κ2) is 6.57. The third-order valence-corrected chi connectivity index (χ3v) is 3.74. The molecule has 1 heterocycles. The fourth-order valence-corrected chi connectivity index (χ4v) is 2.52. The summed E-state index contributed by atoms with van der Waals surface area (Å²) < 4.78 is 5.85. The SMILES string of the molecule is CC(=O)Nc1c[nH]c2ccc(OCCc3ccc(C)cc3)cc12. The van der Waals surface area contributed by atoms with Crippen LogP contribution < -0.4 is 10.1 Å². The second-order valence-electron chi connectivity index (χ2n) is 5.67. The Morgan fingerprint density at radius 3 is 2.70 bits per heavy atom. The molecule has 1 aromatic heterocycles. The molecule has 0 unspecified atom stereocenters. The highest BCUT2D eigenvalue weighted by molar-refractivity contribution is 6.01. The Bertz CT molecular complexity index is 819. The lowest BCUT2D eigenvalue weighted by molar-refractivity contribution is -0.114. The van der Waals surface area contributed by atoms with Crippen LogP contribution in [0.4, 0.5) is 5.69 Å². The highest BCUT2D eigenvalue weighted by Gasteiger charge is 2.06. The number of fused-ring (bicyclic) bond motifs is 1. The highest BCUT2D eigenvalue weighted by atomic mass is 16.5. The molecule has 0 aliphatic heterocycles. The lowest BCUT2D eigenvalue weighted by Crippen LogP contribution is -2.05. The van der Waals surface area contributed by atoms with Gasteiger partial charge in [-0.05, 0) is 30.7 Å². The zero-order valence-electron chi connectivity index (χ0n) is 13.3. The largest absolute Gasteiger partial charge is 0.493 e. The first kappa shape index (κ1) is 15.2. The predicted octanol–water partition coefficient (Wildman–Crippen LogP) is 4.06. The molecule has 0 fully saturated rings. The Morgan fingerprint density at radius 1 is 1.17 bits per heavy atom. The van der Waals surface area contributed by atoms with Gasteiger partial charge in [-0.2, -0.15) is 0 Å². The molecule has 0 saturated carbocycles. The van der Waals surface area contributed by atoms with Gasteiger partial charge in [-0.25, -0.2) is 0 Å². The summed E-state index contributed by atoms with van der Waals surface area (Å²) in [6.07, 6.45) is 2.66. The van der Waals surface area contributed by atoms with Crippen LogP contribution >= 0.6 is 0 Å². The Balaban J connectivity index is 1.67. The van der Waals surface area contributed by atoms with Crippen molar-refractivity contribution < 1.29 is 9.53 Å². The molecule has 2 aromatic carbocycles. The van der Waals surface area contributed by atoms with E-state index in [1.165, 1.54) is 18.1 Å². The van der Waals surface area contributed by atoms with Crippen LogP contribution in [0.2, 0.25) is 0 Å². The summed E-state index contributed by atoms with van der Waals surface area (Å²) in [6, 6.07) is 14.3. The number of carbonyl (C=O) groups excluding carboxylic acids is 1. The smallest absolute Gasteiger partial charge is 0.221 e. The van der Waals surface area contributed by atoms with Gasteiger partial charge in [0.15, 0.2) is 0 Å².